The van der Waals surface area contributed by atoms with Crippen molar-refractivity contribution in [3.8, 4) is 11.5 Å². The van der Waals surface area contributed by atoms with Gasteiger partial charge in [-0.15, -0.1) is 0 Å². The molecule has 34 heavy (non-hydrogen) atoms. The van der Waals surface area contributed by atoms with Crippen molar-refractivity contribution in [3.63, 3.8) is 0 Å². The Kier molecular flexibility index (Phi) is 6.29. The summed E-state index contributed by atoms with van der Waals surface area (Å²) in [4.78, 5) is 19.2. The van der Waals surface area contributed by atoms with Crippen molar-refractivity contribution < 1.29 is 27.4 Å². The first-order valence-corrected chi connectivity index (χ1v) is 11.7. The van der Waals surface area contributed by atoms with Gasteiger partial charge in [-0.05, 0) is 43.2 Å². The topological polar surface area (TPSA) is 45.3 Å². The van der Waals surface area contributed by atoms with Gasteiger partial charge in [-0.3, -0.25) is 9.69 Å². The fourth-order valence-electron chi connectivity index (χ4n) is 5.02. The second kappa shape index (κ2) is 9.37. The Labute approximate surface area is 196 Å². The number of para-hydroxylation sites is 2. The predicted octanol–water partition coefficient (Wildman–Crippen LogP) is 3.66. The fraction of sp³-hybridized carbons (Fsp3) is 0.480. The second-order valence-corrected chi connectivity index (χ2v) is 8.99. The number of alkyl halides is 3. The summed E-state index contributed by atoms with van der Waals surface area (Å²) in [5.41, 5.74) is 0.00599. The number of nitrogens with zero attached hydrogens (tertiary/aromatic N) is 3. The number of rotatable bonds is 3. The van der Waals surface area contributed by atoms with Gasteiger partial charge in [0.1, 0.15) is 6.61 Å². The largest absolute Gasteiger partial charge is 0.485 e. The zero-order valence-corrected chi connectivity index (χ0v) is 18.8. The maximum atomic E-state index is 13.0. The van der Waals surface area contributed by atoms with E-state index in [1.807, 2.05) is 28.0 Å². The van der Waals surface area contributed by atoms with Crippen molar-refractivity contribution in [1.29, 1.82) is 0 Å². The molecule has 3 aliphatic heterocycles. The van der Waals surface area contributed by atoms with Crippen LogP contribution in [-0.2, 0) is 11.0 Å². The lowest BCUT2D eigenvalue weighted by atomic mass is 10.0. The van der Waals surface area contributed by atoms with Gasteiger partial charge in [0, 0.05) is 51.0 Å². The Morgan fingerprint density at radius 1 is 0.882 bits per heavy atom. The molecule has 1 atom stereocenters. The zero-order valence-electron chi connectivity index (χ0n) is 18.8. The van der Waals surface area contributed by atoms with E-state index in [4.69, 9.17) is 9.47 Å². The summed E-state index contributed by atoms with van der Waals surface area (Å²) in [6.07, 6.45) is -3.21. The van der Waals surface area contributed by atoms with Gasteiger partial charge >= 0.3 is 6.18 Å². The predicted molar refractivity (Wildman–Crippen MR) is 121 cm³/mol. The van der Waals surface area contributed by atoms with Gasteiger partial charge in [-0.1, -0.05) is 18.2 Å². The van der Waals surface area contributed by atoms with Crippen molar-refractivity contribution in [2.24, 2.45) is 0 Å². The van der Waals surface area contributed by atoms with Gasteiger partial charge in [0.2, 0.25) is 6.10 Å². The van der Waals surface area contributed by atoms with Crippen LogP contribution in [0.3, 0.4) is 0 Å². The summed E-state index contributed by atoms with van der Waals surface area (Å²) in [5.74, 6) is 1.22. The lowest BCUT2D eigenvalue weighted by Gasteiger charge is -2.43. The van der Waals surface area contributed by atoms with Crippen molar-refractivity contribution >= 4 is 11.6 Å². The minimum Gasteiger partial charge on any atom is -0.485 e. The number of fused-ring (bicyclic) bond motifs is 1. The first-order chi connectivity index (χ1) is 16.4. The van der Waals surface area contributed by atoms with E-state index >= 15 is 0 Å². The smallest absolute Gasteiger partial charge is 0.416 e. The van der Waals surface area contributed by atoms with Gasteiger partial charge in [0.05, 0.1) is 5.56 Å². The van der Waals surface area contributed by atoms with E-state index in [1.54, 1.807) is 12.1 Å². The van der Waals surface area contributed by atoms with Gasteiger partial charge in [-0.2, -0.15) is 13.2 Å². The van der Waals surface area contributed by atoms with Crippen LogP contribution in [0.15, 0.2) is 48.5 Å². The standard InChI is InChI=1S/C25H28F3N3O3/c26-25(27,28)18-4-3-5-20(16-18)30-14-12-29(13-15-30)19-8-10-31(11-9-19)24(32)23-17-33-21-6-1-2-7-22(21)34-23/h1-7,16,19,23H,8-15,17H2/t23-/m0/s1. The molecule has 1 amide bonds. The Bertz CT molecular complexity index is 1020. The number of ether oxygens (including phenoxy) is 2. The molecule has 0 saturated carbocycles. The molecule has 3 aliphatic rings. The number of piperidine rings is 1. The van der Waals surface area contributed by atoms with Crippen LogP contribution < -0.4 is 14.4 Å². The number of carbonyl (C=O) groups is 1. The minimum atomic E-state index is -4.33. The summed E-state index contributed by atoms with van der Waals surface area (Å²) in [5, 5.41) is 0. The SMILES string of the molecule is O=C([C@@H]1COc2ccccc2O1)N1CCC(N2CCN(c3cccc(C(F)(F)F)c3)CC2)CC1. The van der Waals surface area contributed by atoms with Crippen LogP contribution in [-0.4, -0.2) is 73.7 Å². The van der Waals surface area contributed by atoms with Crippen LogP contribution in [0, 0.1) is 0 Å². The number of carbonyl (C=O) groups excluding carboxylic acids is 1. The molecule has 0 N–H and O–H groups in total. The molecule has 0 spiro atoms. The Morgan fingerprint density at radius 3 is 2.29 bits per heavy atom. The van der Waals surface area contributed by atoms with E-state index < -0.39 is 17.8 Å². The lowest BCUT2D eigenvalue weighted by Crippen LogP contribution is -2.55. The summed E-state index contributed by atoms with van der Waals surface area (Å²) in [6, 6.07) is 13.3. The maximum Gasteiger partial charge on any atom is 0.416 e. The molecule has 5 rings (SSSR count). The highest BCUT2D eigenvalue weighted by atomic mass is 19.4. The zero-order chi connectivity index (χ0) is 23.7. The minimum absolute atomic E-state index is 0.0395. The van der Waals surface area contributed by atoms with Crippen molar-refractivity contribution in [2.45, 2.75) is 31.2 Å². The molecular formula is C25H28F3N3O3. The van der Waals surface area contributed by atoms with Crippen molar-refractivity contribution in [1.82, 2.24) is 9.80 Å². The number of halogens is 3. The highest BCUT2D eigenvalue weighted by Gasteiger charge is 2.35. The molecular weight excluding hydrogens is 447 g/mol. The van der Waals surface area contributed by atoms with Gasteiger partial charge < -0.3 is 19.3 Å². The molecule has 2 saturated heterocycles. The number of hydrogen-bond acceptors (Lipinski definition) is 5. The third-order valence-corrected chi connectivity index (χ3v) is 6.93. The van der Waals surface area contributed by atoms with E-state index in [2.05, 4.69) is 4.90 Å². The summed E-state index contributed by atoms with van der Waals surface area (Å²) in [7, 11) is 0. The van der Waals surface area contributed by atoms with Gasteiger partial charge in [0.15, 0.2) is 11.5 Å². The van der Waals surface area contributed by atoms with Crippen LogP contribution in [0.25, 0.3) is 0 Å². The van der Waals surface area contributed by atoms with Gasteiger partial charge in [0.25, 0.3) is 5.91 Å². The molecule has 6 nitrogen and oxygen atoms in total. The number of benzene rings is 2. The number of anilines is 1. The molecule has 3 heterocycles. The number of hydrogen-bond donors (Lipinski definition) is 0. The molecule has 0 bridgehead atoms. The normalized spacial score (nSPS) is 22.0. The third kappa shape index (κ3) is 4.80. The molecule has 182 valence electrons. The lowest BCUT2D eigenvalue weighted by molar-refractivity contribution is -0.142. The highest BCUT2D eigenvalue weighted by Crippen LogP contribution is 2.33. The number of amides is 1. The third-order valence-electron chi connectivity index (χ3n) is 6.93. The van der Waals surface area contributed by atoms with E-state index in [0.29, 0.717) is 49.4 Å². The van der Waals surface area contributed by atoms with E-state index in [0.717, 1.165) is 32.0 Å². The van der Waals surface area contributed by atoms with Crippen LogP contribution >= 0.6 is 0 Å². The Balaban J connectivity index is 1.11. The van der Waals surface area contributed by atoms with Crippen LogP contribution in [0.5, 0.6) is 11.5 Å². The molecule has 0 unspecified atom stereocenters. The molecule has 0 radical (unpaired) electrons. The molecule has 0 aliphatic carbocycles. The first kappa shape index (κ1) is 22.8. The Hall–Kier alpha value is -2.94. The molecule has 2 fully saturated rings. The van der Waals surface area contributed by atoms with Crippen LogP contribution in [0.4, 0.5) is 18.9 Å². The second-order valence-electron chi connectivity index (χ2n) is 8.99. The highest BCUT2D eigenvalue weighted by molar-refractivity contribution is 5.82. The average Bonchev–Trinajstić information content (AvgIpc) is 2.88. The molecule has 9 heteroatoms. The molecule has 2 aromatic rings. The maximum absolute atomic E-state index is 13.0. The number of piperazine rings is 1. The van der Waals surface area contributed by atoms with Crippen LogP contribution in [0.1, 0.15) is 18.4 Å². The van der Waals surface area contributed by atoms with Gasteiger partial charge in [-0.25, -0.2) is 0 Å². The molecule has 0 aromatic heterocycles. The fourth-order valence-corrected chi connectivity index (χ4v) is 5.02. The van der Waals surface area contributed by atoms with E-state index in [1.165, 1.54) is 12.1 Å². The summed E-state index contributed by atoms with van der Waals surface area (Å²) >= 11 is 0. The van der Waals surface area contributed by atoms with E-state index in [-0.39, 0.29) is 12.5 Å². The quantitative estimate of drug-likeness (QED) is 0.678. The summed E-state index contributed by atoms with van der Waals surface area (Å²) < 4.78 is 50.7. The van der Waals surface area contributed by atoms with Crippen molar-refractivity contribution in [2.75, 3.05) is 50.8 Å². The number of likely N-dealkylation sites (tertiary alicyclic amines) is 1. The monoisotopic (exact) mass is 475 g/mol. The van der Waals surface area contributed by atoms with Crippen LogP contribution in [0.2, 0.25) is 0 Å². The molecule has 2 aromatic carbocycles. The first-order valence-electron chi connectivity index (χ1n) is 11.7. The Morgan fingerprint density at radius 2 is 1.59 bits per heavy atom. The van der Waals surface area contributed by atoms with Crippen molar-refractivity contribution in [3.05, 3.63) is 54.1 Å². The van der Waals surface area contributed by atoms with E-state index in [9.17, 15) is 18.0 Å². The summed E-state index contributed by atoms with van der Waals surface area (Å²) in [6.45, 7) is 4.52. The average molecular weight is 476 g/mol.